The first-order valence-corrected chi connectivity index (χ1v) is 12.3. The Morgan fingerprint density at radius 3 is 2.26 bits per heavy atom. The second kappa shape index (κ2) is 12.9. The monoisotopic (exact) mass is 511 g/mol. The topological polar surface area (TPSA) is 107 Å². The van der Waals surface area contributed by atoms with Gasteiger partial charge in [-0.2, -0.15) is 10.2 Å². The Labute approximate surface area is 221 Å². The van der Waals surface area contributed by atoms with Crippen molar-refractivity contribution in [2.75, 3.05) is 18.5 Å². The molecule has 0 radical (unpaired) electrons. The number of anilines is 1. The predicted molar refractivity (Wildman–Crippen MR) is 147 cm³/mol. The van der Waals surface area contributed by atoms with Gasteiger partial charge in [0.1, 0.15) is 17.2 Å². The number of para-hydroxylation sites is 1. The summed E-state index contributed by atoms with van der Waals surface area (Å²) in [5, 5.41) is 11.3. The molecule has 2 N–H and O–H groups in total. The summed E-state index contributed by atoms with van der Waals surface area (Å²) in [6.45, 7) is 5.12. The lowest BCUT2D eigenvalue weighted by Crippen LogP contribution is -2.32. The second-order valence-electron chi connectivity index (χ2n) is 8.20. The quantitative estimate of drug-likeness (QED) is 0.180. The van der Waals surface area contributed by atoms with Crippen LogP contribution in [0.2, 0.25) is 0 Å². The highest BCUT2D eigenvalue weighted by molar-refractivity contribution is 6.39. The Balaban J connectivity index is 1.48. The van der Waals surface area contributed by atoms with E-state index in [1.165, 1.54) is 6.21 Å². The first-order chi connectivity index (χ1) is 18.6. The van der Waals surface area contributed by atoms with Crippen LogP contribution in [0.1, 0.15) is 25.8 Å². The third-order valence-corrected chi connectivity index (χ3v) is 5.36. The maximum absolute atomic E-state index is 12.3. The van der Waals surface area contributed by atoms with E-state index in [-0.39, 0.29) is 0 Å². The minimum Gasteiger partial charge on any atom is -0.494 e. The predicted octanol–water partition coefficient (Wildman–Crippen LogP) is 4.82. The molecular weight excluding hydrogens is 482 g/mol. The number of nitrogens with zero attached hydrogens (tertiary/aromatic N) is 3. The van der Waals surface area contributed by atoms with Gasteiger partial charge in [-0.3, -0.25) is 9.59 Å². The fourth-order valence-corrected chi connectivity index (χ4v) is 3.55. The summed E-state index contributed by atoms with van der Waals surface area (Å²) in [7, 11) is 0. The Morgan fingerprint density at radius 1 is 0.895 bits per heavy atom. The highest BCUT2D eigenvalue weighted by Gasteiger charge is 2.14. The zero-order valence-corrected chi connectivity index (χ0v) is 21.3. The maximum atomic E-state index is 12.3. The Bertz CT molecular complexity index is 1380. The average Bonchev–Trinajstić information content (AvgIpc) is 3.38. The molecule has 0 bridgehead atoms. The number of hydrazone groups is 1. The molecule has 0 aliphatic heterocycles. The first-order valence-electron chi connectivity index (χ1n) is 12.3. The summed E-state index contributed by atoms with van der Waals surface area (Å²) in [6, 6.07) is 24.0. The van der Waals surface area contributed by atoms with Crippen molar-refractivity contribution in [3.63, 3.8) is 0 Å². The van der Waals surface area contributed by atoms with Crippen LogP contribution in [0.4, 0.5) is 5.69 Å². The highest BCUT2D eigenvalue weighted by Crippen LogP contribution is 2.25. The minimum atomic E-state index is -0.899. The lowest BCUT2D eigenvalue weighted by atomic mass is 10.1. The number of carbonyl (C=O) groups is 2. The van der Waals surface area contributed by atoms with E-state index in [0.29, 0.717) is 35.9 Å². The Kier molecular flexibility index (Phi) is 8.85. The van der Waals surface area contributed by atoms with Gasteiger partial charge in [-0.15, -0.1) is 0 Å². The first kappa shape index (κ1) is 26.2. The Hall–Kier alpha value is -4.92. The summed E-state index contributed by atoms with van der Waals surface area (Å²) >= 11 is 0. The van der Waals surface area contributed by atoms with Crippen molar-refractivity contribution in [2.24, 2.45) is 5.10 Å². The second-order valence-corrected chi connectivity index (χ2v) is 8.20. The van der Waals surface area contributed by atoms with Crippen LogP contribution in [0.15, 0.2) is 90.2 Å². The number of rotatable bonds is 10. The van der Waals surface area contributed by atoms with Crippen LogP contribution in [-0.4, -0.2) is 41.0 Å². The fraction of sp³-hybridized carbons (Fsp3) is 0.172. The van der Waals surface area contributed by atoms with Gasteiger partial charge < -0.3 is 14.8 Å². The molecule has 0 aliphatic carbocycles. The number of aromatic nitrogens is 2. The van der Waals surface area contributed by atoms with Crippen LogP contribution in [0.25, 0.3) is 16.9 Å². The summed E-state index contributed by atoms with van der Waals surface area (Å²) in [4.78, 5) is 24.6. The van der Waals surface area contributed by atoms with Gasteiger partial charge in [0.05, 0.1) is 25.1 Å². The van der Waals surface area contributed by atoms with Gasteiger partial charge in [0.15, 0.2) is 0 Å². The van der Waals surface area contributed by atoms with Crippen molar-refractivity contribution in [3.05, 3.63) is 90.6 Å². The molecule has 0 spiro atoms. The van der Waals surface area contributed by atoms with E-state index in [0.717, 1.165) is 23.4 Å². The zero-order chi connectivity index (χ0) is 26.7. The molecule has 0 aliphatic rings. The average molecular weight is 512 g/mol. The molecule has 0 fully saturated rings. The minimum absolute atomic E-state index is 0.468. The molecule has 194 valence electrons. The van der Waals surface area contributed by atoms with E-state index in [9.17, 15) is 9.59 Å². The molecule has 0 unspecified atom stereocenters. The number of hydrogen-bond donors (Lipinski definition) is 2. The third-order valence-electron chi connectivity index (χ3n) is 5.36. The molecular formula is C29H29N5O4. The summed E-state index contributed by atoms with van der Waals surface area (Å²) in [6.07, 6.45) is 4.20. The molecule has 9 heteroatoms. The fourth-order valence-electron chi connectivity index (χ4n) is 3.55. The summed E-state index contributed by atoms with van der Waals surface area (Å²) < 4.78 is 12.8. The zero-order valence-electron chi connectivity index (χ0n) is 21.3. The molecule has 4 rings (SSSR count). The van der Waals surface area contributed by atoms with E-state index in [1.807, 2.05) is 67.7 Å². The number of amides is 2. The molecule has 4 aromatic rings. The highest BCUT2D eigenvalue weighted by atomic mass is 16.5. The van der Waals surface area contributed by atoms with Gasteiger partial charge in [-0.1, -0.05) is 25.1 Å². The standard InChI is InChI=1S/C29H29N5O4/c1-3-18-38-26-14-10-21(11-15-26)27-22(20-34(33-27)24-8-6-5-7-9-24)19-30-32-29(36)28(35)31-23-12-16-25(17-13-23)37-4-2/h5-17,19-20H,3-4,18H2,1-2H3,(H,31,35)(H,32,36)/b30-19-. The van der Waals surface area contributed by atoms with Crippen LogP contribution >= 0.6 is 0 Å². The van der Waals surface area contributed by atoms with E-state index >= 15 is 0 Å². The van der Waals surface area contributed by atoms with Crippen LogP contribution < -0.4 is 20.2 Å². The molecule has 3 aromatic carbocycles. The number of hydrogen-bond acceptors (Lipinski definition) is 6. The largest absolute Gasteiger partial charge is 0.494 e. The van der Waals surface area contributed by atoms with Crippen molar-refractivity contribution in [2.45, 2.75) is 20.3 Å². The maximum Gasteiger partial charge on any atom is 0.329 e. The number of ether oxygens (including phenoxy) is 2. The molecule has 0 saturated heterocycles. The number of nitrogens with one attached hydrogen (secondary N) is 2. The van der Waals surface area contributed by atoms with E-state index < -0.39 is 11.8 Å². The Morgan fingerprint density at radius 2 is 1.58 bits per heavy atom. The lowest BCUT2D eigenvalue weighted by Gasteiger charge is -2.06. The summed E-state index contributed by atoms with van der Waals surface area (Å²) in [5.74, 6) is -0.285. The van der Waals surface area contributed by atoms with Gasteiger partial charge in [0.2, 0.25) is 0 Å². The van der Waals surface area contributed by atoms with Crippen molar-refractivity contribution in [1.82, 2.24) is 15.2 Å². The van der Waals surface area contributed by atoms with Crippen LogP contribution in [0.3, 0.4) is 0 Å². The van der Waals surface area contributed by atoms with Crippen molar-refractivity contribution in [3.8, 4) is 28.4 Å². The van der Waals surface area contributed by atoms with Crippen LogP contribution in [0.5, 0.6) is 11.5 Å². The third kappa shape index (κ3) is 6.85. The van der Waals surface area contributed by atoms with Crippen molar-refractivity contribution >= 4 is 23.7 Å². The van der Waals surface area contributed by atoms with E-state index in [1.54, 1.807) is 28.9 Å². The number of benzene rings is 3. The molecule has 1 aromatic heterocycles. The molecule has 0 atom stereocenters. The van der Waals surface area contributed by atoms with Gasteiger partial charge in [0.25, 0.3) is 0 Å². The molecule has 1 heterocycles. The normalized spacial score (nSPS) is 10.8. The smallest absolute Gasteiger partial charge is 0.329 e. The lowest BCUT2D eigenvalue weighted by molar-refractivity contribution is -0.136. The van der Waals surface area contributed by atoms with Gasteiger partial charge in [-0.05, 0) is 74.0 Å². The molecule has 2 amide bonds. The SMILES string of the molecule is CCCOc1ccc(-c2nn(-c3ccccc3)cc2/C=N\NC(=O)C(=O)Nc2ccc(OCC)cc2)cc1. The number of carbonyl (C=O) groups excluding carboxylic acids is 2. The van der Waals surface area contributed by atoms with E-state index in [2.05, 4.69) is 22.8 Å². The molecule has 0 saturated carbocycles. The molecule has 38 heavy (non-hydrogen) atoms. The van der Waals surface area contributed by atoms with Gasteiger partial charge in [-0.25, -0.2) is 10.1 Å². The van der Waals surface area contributed by atoms with Gasteiger partial charge >= 0.3 is 11.8 Å². The van der Waals surface area contributed by atoms with Crippen LogP contribution in [0, 0.1) is 0 Å². The van der Waals surface area contributed by atoms with Crippen molar-refractivity contribution < 1.29 is 19.1 Å². The van der Waals surface area contributed by atoms with Crippen molar-refractivity contribution in [1.29, 1.82) is 0 Å². The van der Waals surface area contributed by atoms with Crippen LogP contribution in [-0.2, 0) is 9.59 Å². The van der Waals surface area contributed by atoms with E-state index in [4.69, 9.17) is 14.6 Å². The summed E-state index contributed by atoms with van der Waals surface area (Å²) in [5.41, 5.74) is 5.79. The van der Waals surface area contributed by atoms with Gasteiger partial charge in [0, 0.05) is 23.0 Å². The molecule has 9 nitrogen and oxygen atoms in total.